The third-order valence-corrected chi connectivity index (χ3v) is 5.89. The van der Waals surface area contributed by atoms with Crippen molar-refractivity contribution in [3.05, 3.63) is 12.7 Å². The lowest BCUT2D eigenvalue weighted by Crippen LogP contribution is -2.43. The molecule has 82 valence electrons. The lowest BCUT2D eigenvalue weighted by atomic mass is 10.2. The average molecular weight is 218 g/mol. The fraction of sp³-hybridized carbons (Fsp3) is 0.667. The van der Waals surface area contributed by atoms with Crippen LogP contribution < -0.4 is 0 Å². The zero-order chi connectivity index (χ0) is 11.2. The standard InChI is InChI=1S/C9H18O4Si/c1-5-8(10)9(11)7-14(6-2,12-3)13-4/h5,9,11H,1,6-7H2,2-4H3. The van der Waals surface area contributed by atoms with Gasteiger partial charge in [0.15, 0.2) is 5.78 Å². The molecule has 0 rings (SSSR count). The number of hydrogen-bond acceptors (Lipinski definition) is 4. The van der Waals surface area contributed by atoms with Gasteiger partial charge in [0.05, 0.1) is 0 Å². The molecule has 1 unspecified atom stereocenters. The molecule has 1 N–H and O–H groups in total. The van der Waals surface area contributed by atoms with Crippen LogP contribution in [0.15, 0.2) is 12.7 Å². The molecule has 14 heavy (non-hydrogen) atoms. The van der Waals surface area contributed by atoms with E-state index < -0.39 is 14.7 Å². The molecule has 0 aliphatic carbocycles. The Morgan fingerprint density at radius 1 is 1.57 bits per heavy atom. The normalized spacial score (nSPS) is 13.7. The molecule has 1 atom stereocenters. The van der Waals surface area contributed by atoms with Gasteiger partial charge >= 0.3 is 8.56 Å². The van der Waals surface area contributed by atoms with E-state index in [9.17, 15) is 9.90 Å². The molecule has 0 fully saturated rings. The van der Waals surface area contributed by atoms with Crippen molar-refractivity contribution in [2.45, 2.75) is 25.1 Å². The van der Waals surface area contributed by atoms with E-state index in [1.807, 2.05) is 6.92 Å². The minimum absolute atomic E-state index is 0.251. The van der Waals surface area contributed by atoms with Crippen LogP contribution in [-0.2, 0) is 13.6 Å². The summed E-state index contributed by atoms with van der Waals surface area (Å²) in [6, 6.07) is 0.947. The molecule has 0 amide bonds. The predicted octanol–water partition coefficient (Wildman–Crippen LogP) is 0.857. The first kappa shape index (κ1) is 13.5. The van der Waals surface area contributed by atoms with Gasteiger partial charge < -0.3 is 14.0 Å². The van der Waals surface area contributed by atoms with Crippen LogP contribution in [0.2, 0.25) is 12.1 Å². The van der Waals surface area contributed by atoms with Gasteiger partial charge in [-0.3, -0.25) is 4.79 Å². The summed E-state index contributed by atoms with van der Waals surface area (Å²) in [7, 11) is 0.714. The number of ketones is 1. The smallest absolute Gasteiger partial charge is 0.340 e. The zero-order valence-corrected chi connectivity index (χ0v) is 9.95. The molecule has 0 saturated carbocycles. The van der Waals surface area contributed by atoms with Gasteiger partial charge in [-0.05, 0) is 12.1 Å². The minimum Gasteiger partial charge on any atom is -0.398 e. The fourth-order valence-electron chi connectivity index (χ4n) is 1.21. The average Bonchev–Trinajstić information content (AvgIpc) is 2.24. The number of aliphatic hydroxyl groups excluding tert-OH is 1. The van der Waals surface area contributed by atoms with Crippen LogP contribution >= 0.6 is 0 Å². The summed E-state index contributed by atoms with van der Waals surface area (Å²) < 4.78 is 10.5. The fourth-order valence-corrected chi connectivity index (χ4v) is 3.37. The summed E-state index contributed by atoms with van der Waals surface area (Å²) in [5, 5.41) is 9.50. The van der Waals surface area contributed by atoms with Crippen LogP contribution in [0.25, 0.3) is 0 Å². The molecule has 0 spiro atoms. The van der Waals surface area contributed by atoms with Gasteiger partial charge in [-0.1, -0.05) is 13.5 Å². The maximum absolute atomic E-state index is 11.1. The first-order valence-electron chi connectivity index (χ1n) is 4.50. The minimum atomic E-state index is -2.38. The van der Waals surface area contributed by atoms with Crippen LogP contribution in [-0.4, -0.2) is 39.8 Å². The van der Waals surface area contributed by atoms with Crippen molar-refractivity contribution in [3.63, 3.8) is 0 Å². The van der Waals surface area contributed by atoms with E-state index in [1.165, 1.54) is 0 Å². The Hall–Kier alpha value is -0.493. The molecule has 0 aromatic rings. The van der Waals surface area contributed by atoms with Crippen molar-refractivity contribution in [1.29, 1.82) is 0 Å². The second kappa shape index (κ2) is 6.08. The number of rotatable bonds is 7. The molecule has 0 aromatic heterocycles. The molecule has 0 aromatic carbocycles. The number of hydrogen-bond donors (Lipinski definition) is 1. The van der Waals surface area contributed by atoms with E-state index in [0.717, 1.165) is 6.08 Å². The van der Waals surface area contributed by atoms with E-state index >= 15 is 0 Å². The van der Waals surface area contributed by atoms with Crippen molar-refractivity contribution in [2.75, 3.05) is 14.2 Å². The highest BCUT2D eigenvalue weighted by atomic mass is 28.4. The maximum atomic E-state index is 11.1. The third-order valence-electron chi connectivity index (χ3n) is 2.32. The summed E-state index contributed by atoms with van der Waals surface area (Å²) in [5.41, 5.74) is 0. The van der Waals surface area contributed by atoms with Crippen molar-refractivity contribution in [1.82, 2.24) is 0 Å². The molecule has 5 heteroatoms. The number of carbonyl (C=O) groups excluding carboxylic acids is 1. The summed E-state index contributed by atoms with van der Waals surface area (Å²) in [6.45, 7) is 5.23. The van der Waals surface area contributed by atoms with Gasteiger partial charge in [0.25, 0.3) is 0 Å². The second-order valence-electron chi connectivity index (χ2n) is 3.00. The third kappa shape index (κ3) is 3.34. The molecule has 0 heterocycles. The zero-order valence-electron chi connectivity index (χ0n) is 8.95. The van der Waals surface area contributed by atoms with Crippen molar-refractivity contribution in [2.24, 2.45) is 0 Å². The van der Waals surface area contributed by atoms with Crippen LogP contribution in [0.1, 0.15) is 6.92 Å². The van der Waals surface area contributed by atoms with E-state index in [4.69, 9.17) is 8.85 Å². The highest BCUT2D eigenvalue weighted by Crippen LogP contribution is 2.19. The Morgan fingerprint density at radius 2 is 2.07 bits per heavy atom. The van der Waals surface area contributed by atoms with Gasteiger partial charge in [0.2, 0.25) is 0 Å². The molecule has 0 bridgehead atoms. The summed E-state index contributed by atoms with van der Waals surface area (Å²) in [6.07, 6.45) is 0.0594. The lowest BCUT2D eigenvalue weighted by molar-refractivity contribution is -0.121. The Bertz CT molecular complexity index is 193. The van der Waals surface area contributed by atoms with Gasteiger partial charge in [0, 0.05) is 20.3 Å². The Balaban J connectivity index is 4.43. The summed E-state index contributed by atoms with van der Waals surface area (Å²) in [5.74, 6) is -0.385. The van der Waals surface area contributed by atoms with Crippen LogP contribution in [0, 0.1) is 0 Å². The van der Waals surface area contributed by atoms with E-state index in [2.05, 4.69) is 6.58 Å². The summed E-state index contributed by atoms with van der Waals surface area (Å²) in [4.78, 5) is 11.1. The van der Waals surface area contributed by atoms with E-state index in [0.29, 0.717) is 6.04 Å². The molecule has 0 aliphatic rings. The Labute approximate surface area is 85.8 Å². The number of carbonyl (C=O) groups is 1. The van der Waals surface area contributed by atoms with Crippen molar-refractivity contribution >= 4 is 14.3 Å². The van der Waals surface area contributed by atoms with Crippen LogP contribution in [0.4, 0.5) is 0 Å². The molecule has 4 nitrogen and oxygen atoms in total. The van der Waals surface area contributed by atoms with Gasteiger partial charge in [-0.2, -0.15) is 0 Å². The van der Waals surface area contributed by atoms with E-state index in [-0.39, 0.29) is 11.8 Å². The summed E-state index contributed by atoms with van der Waals surface area (Å²) >= 11 is 0. The largest absolute Gasteiger partial charge is 0.398 e. The quantitative estimate of drug-likeness (QED) is 0.508. The molecule has 0 saturated heterocycles. The van der Waals surface area contributed by atoms with Gasteiger partial charge in [-0.25, -0.2) is 0 Å². The molecule has 0 radical (unpaired) electrons. The van der Waals surface area contributed by atoms with Gasteiger partial charge in [-0.15, -0.1) is 0 Å². The van der Waals surface area contributed by atoms with Crippen molar-refractivity contribution < 1.29 is 18.8 Å². The SMILES string of the molecule is C=CC(=O)C(O)C[Si](CC)(OC)OC. The highest BCUT2D eigenvalue weighted by molar-refractivity contribution is 6.67. The maximum Gasteiger partial charge on any atom is 0.340 e. The van der Waals surface area contributed by atoms with Gasteiger partial charge in [0.1, 0.15) is 6.10 Å². The van der Waals surface area contributed by atoms with Crippen molar-refractivity contribution in [3.8, 4) is 0 Å². The van der Waals surface area contributed by atoms with E-state index in [1.54, 1.807) is 14.2 Å². The topological polar surface area (TPSA) is 55.8 Å². The lowest BCUT2D eigenvalue weighted by Gasteiger charge is -2.27. The monoisotopic (exact) mass is 218 g/mol. The van der Waals surface area contributed by atoms with Crippen LogP contribution in [0.5, 0.6) is 0 Å². The number of aliphatic hydroxyl groups is 1. The second-order valence-corrected chi connectivity index (χ2v) is 6.75. The van der Waals surface area contributed by atoms with Crippen LogP contribution in [0.3, 0.4) is 0 Å². The predicted molar refractivity (Wildman–Crippen MR) is 56.3 cm³/mol. The molecule has 0 aliphatic heterocycles. The highest BCUT2D eigenvalue weighted by Gasteiger charge is 2.37. The molecular formula is C9H18O4Si. The first-order valence-corrected chi connectivity index (χ1v) is 6.73. The Morgan fingerprint density at radius 3 is 2.36 bits per heavy atom. The first-order chi connectivity index (χ1) is 6.55. The molecular weight excluding hydrogens is 200 g/mol. The Kier molecular flexibility index (Phi) is 5.86.